The highest BCUT2D eigenvalue weighted by atomic mass is 79.9. The molecule has 0 spiro atoms. The van der Waals surface area contributed by atoms with Gasteiger partial charge in [0.15, 0.2) is 9.84 Å². The van der Waals surface area contributed by atoms with Gasteiger partial charge in [0.1, 0.15) is 0 Å². The molecule has 1 aromatic rings. The lowest BCUT2D eigenvalue weighted by molar-refractivity contribution is 0.599. The predicted molar refractivity (Wildman–Crippen MR) is 63.7 cm³/mol. The molecule has 0 bridgehead atoms. The van der Waals surface area contributed by atoms with E-state index >= 15 is 0 Å². The Kier molecular flexibility index (Phi) is 3.82. The number of hydrogen-bond acceptors (Lipinski definition) is 4. The molecule has 80 valence electrons. The molecular weight excluding hydrogens is 298 g/mol. The summed E-state index contributed by atoms with van der Waals surface area (Å²) >= 11 is 4.59. The first-order chi connectivity index (χ1) is 6.90. The van der Waals surface area contributed by atoms with E-state index < -0.39 is 9.84 Å². The fourth-order valence-corrected chi connectivity index (χ4v) is 4.19. The van der Waals surface area contributed by atoms with Crippen LogP contribution in [-0.2, 0) is 9.84 Å². The van der Waals surface area contributed by atoms with E-state index in [1.165, 1.54) is 17.8 Å². The Hall–Kier alpha value is -0.510. The van der Waals surface area contributed by atoms with Crippen molar-refractivity contribution in [3.8, 4) is 6.07 Å². The van der Waals surface area contributed by atoms with Crippen molar-refractivity contribution < 1.29 is 8.42 Å². The molecule has 0 aliphatic carbocycles. The first-order valence-corrected chi connectivity index (χ1v) is 7.78. The fourth-order valence-electron chi connectivity index (χ4n) is 1.11. The van der Waals surface area contributed by atoms with E-state index in [9.17, 15) is 8.42 Å². The van der Waals surface area contributed by atoms with Gasteiger partial charge in [0.2, 0.25) is 0 Å². The molecule has 0 saturated carbocycles. The topological polar surface area (TPSA) is 57.9 Å². The maximum atomic E-state index is 11.5. The summed E-state index contributed by atoms with van der Waals surface area (Å²) < 4.78 is 23.6. The van der Waals surface area contributed by atoms with Crippen LogP contribution < -0.4 is 0 Å². The van der Waals surface area contributed by atoms with Crippen molar-refractivity contribution in [3.63, 3.8) is 0 Å². The molecule has 0 fully saturated rings. The SMILES string of the molecule is CSc1c(Br)cc(C#N)cc1S(C)(=O)=O. The number of rotatable bonds is 2. The maximum absolute atomic E-state index is 11.5. The lowest BCUT2D eigenvalue weighted by Crippen LogP contribution is -2.00. The average Bonchev–Trinajstić information content (AvgIpc) is 2.15. The summed E-state index contributed by atoms with van der Waals surface area (Å²) in [5.41, 5.74) is 0.333. The molecule has 0 unspecified atom stereocenters. The average molecular weight is 306 g/mol. The third-order valence-electron chi connectivity index (χ3n) is 1.74. The zero-order valence-corrected chi connectivity index (χ0v) is 11.3. The van der Waals surface area contributed by atoms with Gasteiger partial charge < -0.3 is 0 Å². The van der Waals surface area contributed by atoms with Crippen LogP contribution in [0, 0.1) is 11.3 Å². The minimum Gasteiger partial charge on any atom is -0.224 e. The fraction of sp³-hybridized carbons (Fsp3) is 0.222. The summed E-state index contributed by atoms with van der Waals surface area (Å²) in [4.78, 5) is 0.831. The van der Waals surface area contributed by atoms with E-state index in [1.807, 2.05) is 6.07 Å². The predicted octanol–water partition coefficient (Wildman–Crippen LogP) is 2.45. The Morgan fingerprint density at radius 1 is 1.47 bits per heavy atom. The van der Waals surface area contributed by atoms with Gasteiger partial charge >= 0.3 is 0 Å². The molecule has 0 radical (unpaired) electrons. The molecule has 0 aromatic heterocycles. The lowest BCUT2D eigenvalue weighted by atomic mass is 10.2. The molecule has 0 N–H and O–H groups in total. The van der Waals surface area contributed by atoms with Crippen molar-refractivity contribution >= 4 is 37.5 Å². The van der Waals surface area contributed by atoms with Gasteiger partial charge in [-0.3, -0.25) is 0 Å². The van der Waals surface area contributed by atoms with Gasteiger partial charge in [-0.1, -0.05) is 0 Å². The first-order valence-electron chi connectivity index (χ1n) is 3.88. The molecule has 1 aromatic carbocycles. The second-order valence-electron chi connectivity index (χ2n) is 2.87. The molecule has 0 aliphatic heterocycles. The molecule has 3 nitrogen and oxygen atoms in total. The monoisotopic (exact) mass is 305 g/mol. The van der Waals surface area contributed by atoms with Gasteiger partial charge in [-0.2, -0.15) is 5.26 Å². The summed E-state index contributed by atoms with van der Waals surface area (Å²) in [6, 6.07) is 4.93. The summed E-state index contributed by atoms with van der Waals surface area (Å²) in [6.07, 6.45) is 2.93. The number of nitriles is 1. The van der Waals surface area contributed by atoms with Crippen LogP contribution in [0.3, 0.4) is 0 Å². The third kappa shape index (κ3) is 2.74. The number of benzene rings is 1. The summed E-state index contributed by atoms with van der Waals surface area (Å²) in [7, 11) is -3.30. The summed E-state index contributed by atoms with van der Waals surface area (Å²) in [5.74, 6) is 0. The quantitative estimate of drug-likeness (QED) is 0.788. The number of hydrogen-bond donors (Lipinski definition) is 0. The standard InChI is InChI=1S/C9H8BrNO2S2/c1-14-9-7(10)3-6(5-11)4-8(9)15(2,12)13/h3-4H,1-2H3. The van der Waals surface area contributed by atoms with Crippen molar-refractivity contribution in [1.82, 2.24) is 0 Å². The Morgan fingerprint density at radius 3 is 2.47 bits per heavy atom. The Labute approximate surface area is 102 Å². The van der Waals surface area contributed by atoms with Crippen LogP contribution in [0.25, 0.3) is 0 Å². The van der Waals surface area contributed by atoms with Crippen molar-refractivity contribution in [2.45, 2.75) is 9.79 Å². The lowest BCUT2D eigenvalue weighted by Gasteiger charge is -2.08. The highest BCUT2D eigenvalue weighted by Gasteiger charge is 2.16. The maximum Gasteiger partial charge on any atom is 0.176 e. The van der Waals surface area contributed by atoms with E-state index in [0.29, 0.717) is 14.9 Å². The zero-order valence-electron chi connectivity index (χ0n) is 8.11. The highest BCUT2D eigenvalue weighted by molar-refractivity contribution is 9.10. The van der Waals surface area contributed by atoms with E-state index in [4.69, 9.17) is 5.26 Å². The largest absolute Gasteiger partial charge is 0.224 e. The van der Waals surface area contributed by atoms with Gasteiger partial charge in [0.05, 0.1) is 16.5 Å². The summed E-state index contributed by atoms with van der Waals surface area (Å²) in [5, 5.41) is 8.74. The van der Waals surface area contributed by atoms with Gasteiger partial charge in [-0.05, 0) is 34.3 Å². The van der Waals surface area contributed by atoms with Crippen molar-refractivity contribution in [1.29, 1.82) is 5.26 Å². The van der Waals surface area contributed by atoms with Crippen molar-refractivity contribution in [3.05, 3.63) is 22.2 Å². The molecule has 6 heteroatoms. The van der Waals surface area contributed by atoms with E-state index in [0.717, 1.165) is 6.26 Å². The van der Waals surface area contributed by atoms with Crippen molar-refractivity contribution in [2.75, 3.05) is 12.5 Å². The smallest absolute Gasteiger partial charge is 0.176 e. The molecule has 0 amide bonds. The van der Waals surface area contributed by atoms with E-state index in [-0.39, 0.29) is 4.90 Å². The van der Waals surface area contributed by atoms with Crippen LogP contribution in [-0.4, -0.2) is 20.9 Å². The van der Waals surface area contributed by atoms with E-state index in [2.05, 4.69) is 15.9 Å². The Morgan fingerprint density at radius 2 is 2.07 bits per heavy atom. The first kappa shape index (κ1) is 12.6. The minimum atomic E-state index is -3.30. The van der Waals surface area contributed by atoms with Gasteiger partial charge in [0, 0.05) is 15.6 Å². The minimum absolute atomic E-state index is 0.195. The van der Waals surface area contributed by atoms with Gasteiger partial charge in [-0.15, -0.1) is 11.8 Å². The van der Waals surface area contributed by atoms with Crippen LogP contribution in [0.5, 0.6) is 0 Å². The normalized spacial score (nSPS) is 11.1. The van der Waals surface area contributed by atoms with Crippen LogP contribution in [0.1, 0.15) is 5.56 Å². The molecule has 0 atom stereocenters. The number of thioether (sulfide) groups is 1. The highest BCUT2D eigenvalue weighted by Crippen LogP contribution is 2.33. The van der Waals surface area contributed by atoms with Crippen LogP contribution in [0.15, 0.2) is 26.4 Å². The van der Waals surface area contributed by atoms with Crippen molar-refractivity contribution in [2.24, 2.45) is 0 Å². The van der Waals surface area contributed by atoms with E-state index in [1.54, 1.807) is 12.3 Å². The molecule has 0 aliphatic rings. The number of nitrogens with zero attached hydrogens (tertiary/aromatic N) is 1. The molecule has 0 heterocycles. The second-order valence-corrected chi connectivity index (χ2v) is 6.53. The van der Waals surface area contributed by atoms with Crippen LogP contribution in [0.2, 0.25) is 0 Å². The number of halogens is 1. The number of sulfone groups is 1. The van der Waals surface area contributed by atoms with Gasteiger partial charge in [-0.25, -0.2) is 8.42 Å². The van der Waals surface area contributed by atoms with Crippen LogP contribution in [0.4, 0.5) is 0 Å². The second kappa shape index (κ2) is 4.56. The molecule has 15 heavy (non-hydrogen) atoms. The molecular formula is C9H8BrNO2S2. The van der Waals surface area contributed by atoms with Gasteiger partial charge in [0.25, 0.3) is 0 Å². The molecule has 1 rings (SSSR count). The molecule has 0 saturated heterocycles. The Bertz CT molecular complexity index is 532. The van der Waals surface area contributed by atoms with Crippen LogP contribution >= 0.6 is 27.7 Å². The third-order valence-corrected chi connectivity index (χ3v) is 4.73. The Balaban J connectivity index is 3.63. The zero-order chi connectivity index (χ0) is 11.6. The summed E-state index contributed by atoms with van der Waals surface area (Å²) in [6.45, 7) is 0.